The van der Waals surface area contributed by atoms with Gasteiger partial charge in [0.1, 0.15) is 5.75 Å². The van der Waals surface area contributed by atoms with Gasteiger partial charge in [-0.2, -0.15) is 0 Å². The van der Waals surface area contributed by atoms with Crippen molar-refractivity contribution in [3.8, 4) is 5.75 Å². The van der Waals surface area contributed by atoms with E-state index in [0.717, 1.165) is 11.1 Å². The second-order valence-corrected chi connectivity index (χ2v) is 6.05. The maximum atomic E-state index is 12.5. The summed E-state index contributed by atoms with van der Waals surface area (Å²) in [6, 6.07) is 14.8. The fourth-order valence-electron chi connectivity index (χ4n) is 2.51. The normalized spacial score (nSPS) is 11.5. The zero-order chi connectivity index (χ0) is 18.4. The van der Waals surface area contributed by atoms with E-state index in [4.69, 9.17) is 4.74 Å². The predicted octanol–water partition coefficient (Wildman–Crippen LogP) is 2.78. The van der Waals surface area contributed by atoms with Crippen LogP contribution >= 0.6 is 0 Å². The van der Waals surface area contributed by atoms with E-state index < -0.39 is 6.10 Å². The Hall–Kier alpha value is -2.82. The molecule has 0 bridgehead atoms. The van der Waals surface area contributed by atoms with Crippen LogP contribution < -0.4 is 10.1 Å². The van der Waals surface area contributed by atoms with Gasteiger partial charge in [-0.15, -0.1) is 0 Å². The van der Waals surface area contributed by atoms with Crippen LogP contribution in [0.5, 0.6) is 5.75 Å². The van der Waals surface area contributed by atoms with Crippen molar-refractivity contribution < 1.29 is 14.3 Å². The van der Waals surface area contributed by atoms with Crippen molar-refractivity contribution in [3.05, 3.63) is 65.2 Å². The molecule has 0 radical (unpaired) electrons. The van der Waals surface area contributed by atoms with Gasteiger partial charge >= 0.3 is 0 Å². The first kappa shape index (κ1) is 18.5. The Kier molecular flexibility index (Phi) is 6.17. The van der Waals surface area contributed by atoms with Gasteiger partial charge in [-0.25, -0.2) is 0 Å². The van der Waals surface area contributed by atoms with Crippen molar-refractivity contribution in [2.24, 2.45) is 0 Å². The van der Waals surface area contributed by atoms with Crippen molar-refractivity contribution in [2.45, 2.75) is 26.5 Å². The van der Waals surface area contributed by atoms with Crippen molar-refractivity contribution in [1.29, 1.82) is 0 Å². The number of likely N-dealkylation sites (N-methyl/N-ethyl adjacent to an activating group) is 1. The third kappa shape index (κ3) is 5.08. The molecule has 0 aliphatic rings. The summed E-state index contributed by atoms with van der Waals surface area (Å²) in [5.74, 6) is 0.456. The number of carbonyl (C=O) groups excluding carboxylic acids is 2. The largest absolute Gasteiger partial charge is 0.481 e. The van der Waals surface area contributed by atoms with E-state index in [1.54, 1.807) is 38.1 Å². The number of benzene rings is 2. The first-order valence-corrected chi connectivity index (χ1v) is 8.20. The van der Waals surface area contributed by atoms with Crippen LogP contribution in [0.2, 0.25) is 0 Å². The van der Waals surface area contributed by atoms with Gasteiger partial charge < -0.3 is 15.0 Å². The minimum atomic E-state index is -0.572. The SMILES string of the molecule is CNC(=O)c1ccc(CN(C)C(=O)C(C)Oc2cccc(C)c2)cc1. The van der Waals surface area contributed by atoms with E-state index in [0.29, 0.717) is 17.9 Å². The van der Waals surface area contributed by atoms with Crippen LogP contribution in [-0.4, -0.2) is 36.9 Å². The zero-order valence-electron chi connectivity index (χ0n) is 15.1. The van der Waals surface area contributed by atoms with E-state index in [1.165, 1.54) is 0 Å². The summed E-state index contributed by atoms with van der Waals surface area (Å²) in [5.41, 5.74) is 2.63. The van der Waals surface area contributed by atoms with Crippen LogP contribution in [0.3, 0.4) is 0 Å². The van der Waals surface area contributed by atoms with Gasteiger partial charge in [0.05, 0.1) is 0 Å². The summed E-state index contributed by atoms with van der Waals surface area (Å²) < 4.78 is 5.74. The quantitative estimate of drug-likeness (QED) is 0.880. The molecule has 0 saturated heterocycles. The molecule has 5 nitrogen and oxygen atoms in total. The van der Waals surface area contributed by atoms with Crippen LogP contribution in [0.4, 0.5) is 0 Å². The average Bonchev–Trinajstić information content (AvgIpc) is 2.61. The fourth-order valence-corrected chi connectivity index (χ4v) is 2.51. The highest BCUT2D eigenvalue weighted by molar-refractivity contribution is 5.93. The molecule has 1 atom stereocenters. The molecule has 25 heavy (non-hydrogen) atoms. The number of nitrogens with one attached hydrogen (secondary N) is 1. The summed E-state index contributed by atoms with van der Waals surface area (Å²) >= 11 is 0. The van der Waals surface area contributed by atoms with Crippen LogP contribution in [0.1, 0.15) is 28.4 Å². The standard InChI is InChI=1S/C20H24N2O3/c1-14-6-5-7-18(12-14)25-15(2)20(24)22(4)13-16-8-10-17(11-9-16)19(23)21-3/h5-12,15H,13H2,1-4H3,(H,21,23). The summed E-state index contributed by atoms with van der Waals surface area (Å²) in [6.45, 7) is 4.18. The van der Waals surface area contributed by atoms with Gasteiger partial charge in [0.2, 0.25) is 0 Å². The second-order valence-electron chi connectivity index (χ2n) is 6.05. The third-order valence-corrected chi connectivity index (χ3v) is 3.89. The number of hydrogen-bond donors (Lipinski definition) is 1. The second kappa shape index (κ2) is 8.33. The molecule has 0 aliphatic heterocycles. The molecule has 1 N–H and O–H groups in total. The third-order valence-electron chi connectivity index (χ3n) is 3.89. The highest BCUT2D eigenvalue weighted by Crippen LogP contribution is 2.15. The molecule has 0 heterocycles. The lowest BCUT2D eigenvalue weighted by atomic mass is 10.1. The van der Waals surface area contributed by atoms with Gasteiger partial charge in [0, 0.05) is 26.2 Å². The number of nitrogens with zero attached hydrogens (tertiary/aromatic N) is 1. The van der Waals surface area contributed by atoms with E-state index in [-0.39, 0.29) is 11.8 Å². The summed E-state index contributed by atoms with van der Waals surface area (Å²) in [7, 11) is 3.34. The van der Waals surface area contributed by atoms with Crippen molar-refractivity contribution in [2.75, 3.05) is 14.1 Å². The minimum Gasteiger partial charge on any atom is -0.481 e. The van der Waals surface area contributed by atoms with Crippen LogP contribution in [0.25, 0.3) is 0 Å². The predicted molar refractivity (Wildman–Crippen MR) is 97.6 cm³/mol. The molecule has 0 fully saturated rings. The number of amides is 2. The molecule has 0 saturated carbocycles. The van der Waals surface area contributed by atoms with Gasteiger partial charge in [0.15, 0.2) is 6.10 Å². The van der Waals surface area contributed by atoms with E-state index in [1.807, 2.05) is 43.3 Å². The Morgan fingerprint density at radius 2 is 1.84 bits per heavy atom. The van der Waals surface area contributed by atoms with E-state index in [2.05, 4.69) is 5.32 Å². The maximum absolute atomic E-state index is 12.5. The molecule has 132 valence electrons. The monoisotopic (exact) mass is 340 g/mol. The average molecular weight is 340 g/mol. The van der Waals surface area contributed by atoms with Gasteiger partial charge in [-0.05, 0) is 49.2 Å². The summed E-state index contributed by atoms with van der Waals surface area (Å²) in [4.78, 5) is 25.7. The Labute approximate surface area is 148 Å². The lowest BCUT2D eigenvalue weighted by molar-refractivity contribution is -0.137. The number of hydrogen-bond acceptors (Lipinski definition) is 3. The first-order valence-electron chi connectivity index (χ1n) is 8.20. The number of carbonyl (C=O) groups is 2. The molecule has 0 spiro atoms. The lowest BCUT2D eigenvalue weighted by Gasteiger charge is -2.22. The summed E-state index contributed by atoms with van der Waals surface area (Å²) in [5, 5.41) is 2.58. The van der Waals surface area contributed by atoms with Gasteiger partial charge in [-0.3, -0.25) is 9.59 Å². The van der Waals surface area contributed by atoms with Gasteiger partial charge in [-0.1, -0.05) is 24.3 Å². The molecule has 1 unspecified atom stereocenters. The molecule has 0 aromatic heterocycles. The van der Waals surface area contributed by atoms with Crippen molar-refractivity contribution in [3.63, 3.8) is 0 Å². The van der Waals surface area contributed by atoms with Crippen LogP contribution in [0, 0.1) is 6.92 Å². The highest BCUT2D eigenvalue weighted by Gasteiger charge is 2.19. The maximum Gasteiger partial charge on any atom is 0.263 e. The molecular formula is C20H24N2O3. The lowest BCUT2D eigenvalue weighted by Crippen LogP contribution is -2.37. The molecule has 2 aromatic rings. The Balaban J connectivity index is 1.96. The number of ether oxygens (including phenoxy) is 1. The number of rotatable bonds is 6. The smallest absolute Gasteiger partial charge is 0.263 e. The van der Waals surface area contributed by atoms with Gasteiger partial charge in [0.25, 0.3) is 11.8 Å². The zero-order valence-corrected chi connectivity index (χ0v) is 15.1. The van der Waals surface area contributed by atoms with Crippen LogP contribution in [0.15, 0.2) is 48.5 Å². The molecule has 5 heteroatoms. The fraction of sp³-hybridized carbons (Fsp3) is 0.300. The first-order chi connectivity index (χ1) is 11.9. The topological polar surface area (TPSA) is 58.6 Å². The minimum absolute atomic E-state index is 0.100. The molecule has 2 rings (SSSR count). The van der Waals surface area contributed by atoms with Crippen molar-refractivity contribution in [1.82, 2.24) is 10.2 Å². The highest BCUT2D eigenvalue weighted by atomic mass is 16.5. The number of aryl methyl sites for hydroxylation is 1. The Bertz CT molecular complexity index is 741. The Morgan fingerprint density at radius 3 is 2.44 bits per heavy atom. The van der Waals surface area contributed by atoms with Crippen molar-refractivity contribution >= 4 is 11.8 Å². The molecule has 0 aliphatic carbocycles. The van der Waals surface area contributed by atoms with E-state index in [9.17, 15) is 9.59 Å². The summed E-state index contributed by atoms with van der Waals surface area (Å²) in [6.07, 6.45) is -0.572. The molecule has 2 amide bonds. The molecular weight excluding hydrogens is 316 g/mol. The Morgan fingerprint density at radius 1 is 1.16 bits per heavy atom. The molecule has 2 aromatic carbocycles. The van der Waals surface area contributed by atoms with E-state index >= 15 is 0 Å². The van der Waals surface area contributed by atoms with Crippen LogP contribution in [-0.2, 0) is 11.3 Å².